The highest BCUT2D eigenvalue weighted by Gasteiger charge is 2.48. The van der Waals surface area contributed by atoms with Crippen molar-refractivity contribution in [1.82, 2.24) is 0 Å². The molecular weight excluding hydrogens is 196 g/mol. The van der Waals surface area contributed by atoms with Crippen LogP contribution in [0.5, 0.6) is 0 Å². The van der Waals surface area contributed by atoms with Gasteiger partial charge in [0.05, 0.1) is 5.60 Å². The molecule has 0 bridgehead atoms. The molecule has 1 N–H and O–H groups in total. The topological polar surface area (TPSA) is 20.2 Å². The summed E-state index contributed by atoms with van der Waals surface area (Å²) in [6.45, 7) is 12.9. The summed E-state index contributed by atoms with van der Waals surface area (Å²) in [4.78, 5) is 0. The lowest BCUT2D eigenvalue weighted by Crippen LogP contribution is -2.47. The molecule has 0 spiro atoms. The molecule has 0 heterocycles. The van der Waals surface area contributed by atoms with Gasteiger partial charge in [0, 0.05) is 0 Å². The predicted molar refractivity (Wildman–Crippen MR) is 70.4 cm³/mol. The van der Waals surface area contributed by atoms with E-state index in [4.69, 9.17) is 0 Å². The second-order valence-corrected chi connectivity index (χ2v) is 6.62. The Morgan fingerprint density at radius 1 is 1.12 bits per heavy atom. The average molecular weight is 224 g/mol. The summed E-state index contributed by atoms with van der Waals surface area (Å²) in [6.07, 6.45) is 8.05. The minimum atomic E-state index is -0.518. The van der Waals surface area contributed by atoms with Crippen molar-refractivity contribution < 1.29 is 5.11 Å². The van der Waals surface area contributed by atoms with Gasteiger partial charge in [-0.25, -0.2) is 0 Å². The van der Waals surface area contributed by atoms with Gasteiger partial charge in [-0.15, -0.1) is 6.58 Å². The Kier molecular flexibility index (Phi) is 3.89. The van der Waals surface area contributed by atoms with Crippen molar-refractivity contribution in [3.8, 4) is 0 Å². The van der Waals surface area contributed by atoms with Gasteiger partial charge in [0.25, 0.3) is 0 Å². The molecule has 16 heavy (non-hydrogen) atoms. The first-order valence-electron chi connectivity index (χ1n) is 6.64. The first-order chi connectivity index (χ1) is 7.30. The van der Waals surface area contributed by atoms with Gasteiger partial charge in [0.1, 0.15) is 0 Å². The zero-order valence-electron chi connectivity index (χ0n) is 11.5. The maximum absolute atomic E-state index is 10.7. The Bertz CT molecular complexity index is 250. The molecule has 0 aliphatic heterocycles. The molecule has 0 saturated heterocycles. The van der Waals surface area contributed by atoms with Crippen LogP contribution in [0, 0.1) is 10.8 Å². The minimum absolute atomic E-state index is 0.252. The van der Waals surface area contributed by atoms with Crippen molar-refractivity contribution in [2.45, 2.75) is 71.8 Å². The molecule has 1 fully saturated rings. The maximum Gasteiger partial charge on any atom is 0.0692 e. The minimum Gasteiger partial charge on any atom is -0.390 e. The quantitative estimate of drug-likeness (QED) is 0.705. The highest BCUT2D eigenvalue weighted by Crippen LogP contribution is 2.54. The molecule has 0 radical (unpaired) electrons. The molecule has 1 heteroatoms. The molecule has 0 aromatic rings. The first kappa shape index (κ1) is 13.8. The normalized spacial score (nSPS) is 32.3. The fraction of sp³-hybridized carbons (Fsp3) is 0.867. The van der Waals surface area contributed by atoms with Crippen LogP contribution in [0.1, 0.15) is 66.2 Å². The SMILES string of the molecule is C=CCC1(O)CC(C)(C)CC(CC)(CC)C1. The largest absolute Gasteiger partial charge is 0.390 e. The predicted octanol–water partition coefficient (Wildman–Crippen LogP) is 4.31. The fourth-order valence-electron chi connectivity index (χ4n) is 3.95. The van der Waals surface area contributed by atoms with E-state index in [9.17, 15) is 5.11 Å². The Balaban J connectivity index is 2.96. The Morgan fingerprint density at radius 3 is 2.12 bits per heavy atom. The van der Waals surface area contributed by atoms with Crippen LogP contribution in [0.25, 0.3) is 0 Å². The summed E-state index contributed by atoms with van der Waals surface area (Å²) in [5.74, 6) is 0. The molecule has 1 aliphatic rings. The highest BCUT2D eigenvalue weighted by atomic mass is 16.3. The smallest absolute Gasteiger partial charge is 0.0692 e. The van der Waals surface area contributed by atoms with Gasteiger partial charge in [-0.2, -0.15) is 0 Å². The molecule has 0 aromatic heterocycles. The zero-order chi connectivity index (χ0) is 12.4. The molecule has 0 aromatic carbocycles. The van der Waals surface area contributed by atoms with E-state index in [0.29, 0.717) is 5.41 Å². The fourth-order valence-corrected chi connectivity index (χ4v) is 3.95. The van der Waals surface area contributed by atoms with Crippen molar-refractivity contribution in [2.75, 3.05) is 0 Å². The van der Waals surface area contributed by atoms with Crippen LogP contribution in [0.3, 0.4) is 0 Å². The monoisotopic (exact) mass is 224 g/mol. The van der Waals surface area contributed by atoms with Crippen LogP contribution in [0.15, 0.2) is 12.7 Å². The van der Waals surface area contributed by atoms with Gasteiger partial charge in [-0.05, 0) is 36.5 Å². The van der Waals surface area contributed by atoms with Crippen LogP contribution in [0.2, 0.25) is 0 Å². The number of aliphatic hydroxyl groups is 1. The molecule has 1 atom stereocenters. The van der Waals surface area contributed by atoms with Crippen LogP contribution >= 0.6 is 0 Å². The van der Waals surface area contributed by atoms with Crippen LogP contribution in [-0.4, -0.2) is 10.7 Å². The standard InChI is InChI=1S/C15H28O/c1-6-9-15(16)11-13(4,5)10-14(7-2,8-3)12-15/h6,16H,1,7-12H2,2-5H3. The van der Waals surface area contributed by atoms with Gasteiger partial charge >= 0.3 is 0 Å². The van der Waals surface area contributed by atoms with Gasteiger partial charge in [0.15, 0.2) is 0 Å². The van der Waals surface area contributed by atoms with Crippen LogP contribution in [0.4, 0.5) is 0 Å². The van der Waals surface area contributed by atoms with E-state index < -0.39 is 5.60 Å². The summed E-state index contributed by atoms with van der Waals surface area (Å²) in [6, 6.07) is 0. The van der Waals surface area contributed by atoms with E-state index in [1.807, 2.05) is 6.08 Å². The van der Waals surface area contributed by atoms with Gasteiger partial charge in [-0.1, -0.05) is 46.6 Å². The van der Waals surface area contributed by atoms with E-state index >= 15 is 0 Å². The first-order valence-corrected chi connectivity index (χ1v) is 6.64. The molecule has 94 valence electrons. The molecule has 1 aliphatic carbocycles. The molecule has 1 saturated carbocycles. The molecule has 1 unspecified atom stereocenters. The number of rotatable bonds is 4. The van der Waals surface area contributed by atoms with Gasteiger partial charge in [-0.3, -0.25) is 0 Å². The second-order valence-electron chi connectivity index (χ2n) is 6.62. The summed E-state index contributed by atoms with van der Waals surface area (Å²) < 4.78 is 0. The summed E-state index contributed by atoms with van der Waals surface area (Å²) in [5.41, 5.74) is 0.0665. The summed E-state index contributed by atoms with van der Waals surface area (Å²) >= 11 is 0. The van der Waals surface area contributed by atoms with Crippen molar-refractivity contribution in [3.63, 3.8) is 0 Å². The van der Waals surface area contributed by atoms with Crippen molar-refractivity contribution in [3.05, 3.63) is 12.7 Å². The molecule has 1 rings (SSSR count). The van der Waals surface area contributed by atoms with Crippen molar-refractivity contribution in [1.29, 1.82) is 0 Å². The van der Waals surface area contributed by atoms with E-state index in [1.165, 1.54) is 19.3 Å². The van der Waals surface area contributed by atoms with E-state index in [-0.39, 0.29) is 5.41 Å². The van der Waals surface area contributed by atoms with Crippen molar-refractivity contribution >= 4 is 0 Å². The number of hydrogen-bond donors (Lipinski definition) is 1. The van der Waals surface area contributed by atoms with Gasteiger partial charge in [0.2, 0.25) is 0 Å². The van der Waals surface area contributed by atoms with Crippen LogP contribution < -0.4 is 0 Å². The average Bonchev–Trinajstić information content (AvgIpc) is 2.14. The molecule has 0 amide bonds. The van der Waals surface area contributed by atoms with E-state index in [1.54, 1.807) is 0 Å². The van der Waals surface area contributed by atoms with E-state index in [2.05, 4.69) is 34.3 Å². The van der Waals surface area contributed by atoms with Gasteiger partial charge < -0.3 is 5.11 Å². The summed E-state index contributed by atoms with van der Waals surface area (Å²) in [5, 5.41) is 10.7. The Hall–Kier alpha value is -0.300. The zero-order valence-corrected chi connectivity index (χ0v) is 11.5. The third-order valence-electron chi connectivity index (χ3n) is 4.39. The second kappa shape index (κ2) is 4.52. The highest BCUT2D eigenvalue weighted by molar-refractivity contribution is 5.02. The molecular formula is C15H28O. The number of hydrogen-bond acceptors (Lipinski definition) is 1. The third kappa shape index (κ3) is 2.88. The van der Waals surface area contributed by atoms with Crippen LogP contribution in [-0.2, 0) is 0 Å². The lowest BCUT2D eigenvalue weighted by Gasteiger charge is -2.52. The Labute approximate surface area is 101 Å². The molecule has 1 nitrogen and oxygen atoms in total. The summed E-state index contributed by atoms with van der Waals surface area (Å²) in [7, 11) is 0. The third-order valence-corrected chi connectivity index (χ3v) is 4.39. The van der Waals surface area contributed by atoms with Crippen molar-refractivity contribution in [2.24, 2.45) is 10.8 Å². The van der Waals surface area contributed by atoms with E-state index in [0.717, 1.165) is 19.3 Å². The lowest BCUT2D eigenvalue weighted by molar-refractivity contribution is -0.0973. The maximum atomic E-state index is 10.7. The Morgan fingerprint density at radius 2 is 1.69 bits per heavy atom. The lowest BCUT2D eigenvalue weighted by atomic mass is 9.56.